The van der Waals surface area contributed by atoms with Crippen molar-refractivity contribution in [1.29, 1.82) is 0 Å². The van der Waals surface area contributed by atoms with E-state index in [1.807, 2.05) is 57.3 Å². The standard InChI is InChI=1S/C18H20ClN5O.C8H8O2/c1-12-4-6-15(7-5-12)24-9-8-16(23-24)25-10-13(2)22-18-17(19)14(3)20-11-21-18;1-7-2-4-8(5-3-7)10-6-9/h4-9,11,13H,10H2,1-3H3,(H,20,21,22);2-6H,1H3. The van der Waals surface area contributed by atoms with Crippen LogP contribution in [0, 0.1) is 20.8 Å². The topological polar surface area (TPSA) is 91.2 Å². The fourth-order valence-corrected chi connectivity index (χ4v) is 3.09. The maximum absolute atomic E-state index is 9.84. The van der Waals surface area contributed by atoms with Gasteiger partial charge < -0.3 is 14.8 Å². The monoisotopic (exact) mass is 493 g/mol. The number of hydrogen-bond donors (Lipinski definition) is 1. The van der Waals surface area contributed by atoms with Crippen molar-refractivity contribution in [2.45, 2.75) is 33.7 Å². The molecular formula is C26H28ClN5O3. The molecule has 8 nitrogen and oxygen atoms in total. The minimum atomic E-state index is 0.0105. The molecule has 0 saturated heterocycles. The van der Waals surface area contributed by atoms with E-state index in [9.17, 15) is 4.79 Å². The molecule has 2 aromatic carbocycles. The third kappa shape index (κ3) is 7.82. The minimum absolute atomic E-state index is 0.0105. The Kier molecular flexibility index (Phi) is 9.20. The third-order valence-corrected chi connectivity index (χ3v) is 5.35. The molecule has 2 heterocycles. The van der Waals surface area contributed by atoms with Crippen LogP contribution in [0.3, 0.4) is 0 Å². The predicted molar refractivity (Wildman–Crippen MR) is 137 cm³/mol. The van der Waals surface area contributed by atoms with E-state index in [0.29, 0.717) is 35.5 Å². The van der Waals surface area contributed by atoms with Crippen LogP contribution in [0.25, 0.3) is 5.69 Å². The molecule has 0 aliphatic carbocycles. The summed E-state index contributed by atoms with van der Waals surface area (Å²) in [5.74, 6) is 1.76. The Labute approximate surface area is 209 Å². The molecule has 182 valence electrons. The van der Waals surface area contributed by atoms with Gasteiger partial charge in [-0.25, -0.2) is 14.6 Å². The van der Waals surface area contributed by atoms with Gasteiger partial charge in [-0.3, -0.25) is 4.79 Å². The van der Waals surface area contributed by atoms with Crippen LogP contribution in [-0.2, 0) is 4.79 Å². The van der Waals surface area contributed by atoms with Gasteiger partial charge >= 0.3 is 0 Å². The molecule has 0 amide bonds. The normalized spacial score (nSPS) is 11.1. The number of nitrogens with zero attached hydrogens (tertiary/aromatic N) is 4. The first kappa shape index (κ1) is 25.7. The van der Waals surface area contributed by atoms with Crippen LogP contribution < -0.4 is 14.8 Å². The van der Waals surface area contributed by atoms with Crippen molar-refractivity contribution in [1.82, 2.24) is 19.7 Å². The number of aryl methyl sites for hydroxylation is 3. The summed E-state index contributed by atoms with van der Waals surface area (Å²) in [7, 11) is 0. The van der Waals surface area contributed by atoms with Crippen LogP contribution in [0.4, 0.5) is 5.82 Å². The number of anilines is 1. The summed E-state index contributed by atoms with van der Waals surface area (Å²) < 4.78 is 12.1. The van der Waals surface area contributed by atoms with Gasteiger partial charge in [0.15, 0.2) is 0 Å². The Morgan fingerprint density at radius 1 is 1.00 bits per heavy atom. The van der Waals surface area contributed by atoms with Crippen molar-refractivity contribution in [2.24, 2.45) is 0 Å². The molecule has 0 saturated carbocycles. The lowest BCUT2D eigenvalue weighted by Gasteiger charge is -2.15. The van der Waals surface area contributed by atoms with Crippen molar-refractivity contribution in [3.05, 3.63) is 89.0 Å². The Balaban J connectivity index is 0.000000287. The molecule has 2 aromatic heterocycles. The summed E-state index contributed by atoms with van der Waals surface area (Å²) in [5, 5.41) is 8.19. The summed E-state index contributed by atoms with van der Waals surface area (Å²) in [6, 6.07) is 17.3. The number of aromatic nitrogens is 4. The first-order valence-corrected chi connectivity index (χ1v) is 11.4. The van der Waals surface area contributed by atoms with Gasteiger partial charge in [-0.15, -0.1) is 5.10 Å². The number of benzene rings is 2. The smallest absolute Gasteiger partial charge is 0.298 e. The Hall–Kier alpha value is -3.91. The molecule has 4 rings (SSSR count). The van der Waals surface area contributed by atoms with Gasteiger partial charge in [-0.1, -0.05) is 47.0 Å². The van der Waals surface area contributed by atoms with Crippen molar-refractivity contribution in [2.75, 3.05) is 11.9 Å². The SMILES string of the molecule is Cc1ccc(-n2ccc(OCC(C)Nc3ncnc(C)c3Cl)n2)cc1.Cc1ccc(OC=O)cc1. The maximum atomic E-state index is 9.84. The summed E-state index contributed by atoms with van der Waals surface area (Å²) in [5.41, 5.74) is 4.10. The number of halogens is 1. The van der Waals surface area contributed by atoms with Crippen LogP contribution in [0.2, 0.25) is 5.02 Å². The fourth-order valence-electron chi connectivity index (χ4n) is 2.94. The highest BCUT2D eigenvalue weighted by molar-refractivity contribution is 6.33. The van der Waals surface area contributed by atoms with Crippen LogP contribution >= 0.6 is 11.6 Å². The minimum Gasteiger partial charge on any atom is -0.474 e. The molecule has 0 bridgehead atoms. The van der Waals surface area contributed by atoms with E-state index in [-0.39, 0.29) is 6.04 Å². The number of nitrogens with one attached hydrogen (secondary N) is 1. The molecule has 0 aliphatic heterocycles. The first-order chi connectivity index (χ1) is 16.9. The highest BCUT2D eigenvalue weighted by Gasteiger charge is 2.11. The van der Waals surface area contributed by atoms with Crippen LogP contribution in [0.15, 0.2) is 67.1 Å². The Bertz CT molecular complexity index is 1230. The zero-order valence-electron chi connectivity index (χ0n) is 20.1. The van der Waals surface area contributed by atoms with E-state index in [1.165, 1.54) is 11.9 Å². The molecule has 0 fully saturated rings. The number of carbonyl (C=O) groups is 1. The second kappa shape index (κ2) is 12.5. The first-order valence-electron chi connectivity index (χ1n) is 11.0. The molecule has 4 aromatic rings. The van der Waals surface area contributed by atoms with Gasteiger partial charge in [0.05, 0.1) is 17.4 Å². The van der Waals surface area contributed by atoms with Crippen LogP contribution in [0.1, 0.15) is 23.7 Å². The van der Waals surface area contributed by atoms with E-state index in [1.54, 1.807) is 16.8 Å². The van der Waals surface area contributed by atoms with Crippen LogP contribution in [0.5, 0.6) is 11.6 Å². The van der Waals surface area contributed by atoms with E-state index in [2.05, 4.69) is 44.2 Å². The fraction of sp³-hybridized carbons (Fsp3) is 0.231. The lowest BCUT2D eigenvalue weighted by atomic mass is 10.2. The van der Waals surface area contributed by atoms with Crippen molar-refractivity contribution in [3.63, 3.8) is 0 Å². The van der Waals surface area contributed by atoms with Crippen molar-refractivity contribution >= 4 is 23.9 Å². The molecule has 1 atom stereocenters. The number of ether oxygens (including phenoxy) is 2. The third-order valence-electron chi connectivity index (χ3n) is 4.90. The van der Waals surface area contributed by atoms with E-state index in [0.717, 1.165) is 16.9 Å². The lowest BCUT2D eigenvalue weighted by Crippen LogP contribution is -2.24. The van der Waals surface area contributed by atoms with Gasteiger partial charge in [-0.05, 0) is 52.0 Å². The van der Waals surface area contributed by atoms with E-state index in [4.69, 9.17) is 16.3 Å². The molecule has 0 radical (unpaired) electrons. The van der Waals surface area contributed by atoms with Crippen molar-refractivity contribution in [3.8, 4) is 17.3 Å². The highest BCUT2D eigenvalue weighted by Crippen LogP contribution is 2.21. The number of carbonyl (C=O) groups excluding carboxylic acids is 1. The van der Waals surface area contributed by atoms with Gasteiger partial charge in [-0.2, -0.15) is 0 Å². The zero-order valence-corrected chi connectivity index (χ0v) is 20.9. The second-order valence-electron chi connectivity index (χ2n) is 7.94. The molecule has 35 heavy (non-hydrogen) atoms. The summed E-state index contributed by atoms with van der Waals surface area (Å²) >= 11 is 6.19. The van der Waals surface area contributed by atoms with Gasteiger partial charge in [0.1, 0.15) is 29.5 Å². The molecule has 9 heteroatoms. The Morgan fingerprint density at radius 3 is 2.31 bits per heavy atom. The van der Waals surface area contributed by atoms with E-state index >= 15 is 0 Å². The summed E-state index contributed by atoms with van der Waals surface area (Å²) in [4.78, 5) is 18.0. The second-order valence-corrected chi connectivity index (χ2v) is 8.32. The van der Waals surface area contributed by atoms with Crippen LogP contribution in [-0.4, -0.2) is 38.9 Å². The van der Waals surface area contributed by atoms with Crippen molar-refractivity contribution < 1.29 is 14.3 Å². The summed E-state index contributed by atoms with van der Waals surface area (Å²) in [6.45, 7) is 8.72. The highest BCUT2D eigenvalue weighted by atomic mass is 35.5. The number of rotatable bonds is 8. The quantitative estimate of drug-likeness (QED) is 0.331. The molecule has 0 aliphatic rings. The molecule has 1 N–H and O–H groups in total. The predicted octanol–water partition coefficient (Wildman–Crippen LogP) is 5.34. The molecule has 1 unspecified atom stereocenters. The van der Waals surface area contributed by atoms with Gasteiger partial charge in [0.2, 0.25) is 5.88 Å². The Morgan fingerprint density at radius 2 is 1.66 bits per heavy atom. The maximum Gasteiger partial charge on any atom is 0.298 e. The number of hydrogen-bond acceptors (Lipinski definition) is 7. The largest absolute Gasteiger partial charge is 0.474 e. The lowest BCUT2D eigenvalue weighted by molar-refractivity contribution is -0.120. The van der Waals surface area contributed by atoms with E-state index < -0.39 is 0 Å². The zero-order chi connectivity index (χ0) is 25.2. The molecular weight excluding hydrogens is 466 g/mol. The van der Waals surface area contributed by atoms with Gasteiger partial charge in [0.25, 0.3) is 6.47 Å². The molecule has 0 spiro atoms. The summed E-state index contributed by atoms with van der Waals surface area (Å²) in [6.07, 6.45) is 3.36. The average molecular weight is 494 g/mol. The average Bonchev–Trinajstić information content (AvgIpc) is 3.32. The van der Waals surface area contributed by atoms with Gasteiger partial charge in [0, 0.05) is 12.3 Å².